The monoisotopic (exact) mass is 185 g/mol. The van der Waals surface area contributed by atoms with Crippen molar-refractivity contribution in [3.63, 3.8) is 0 Å². The van der Waals surface area contributed by atoms with Crippen molar-refractivity contribution in [3.8, 4) is 0 Å². The van der Waals surface area contributed by atoms with Gasteiger partial charge in [0.05, 0.1) is 0 Å². The van der Waals surface area contributed by atoms with Crippen LogP contribution in [-0.2, 0) is 4.79 Å². The number of nitrogens with one attached hydrogen (secondary N) is 2. The predicted molar refractivity (Wildman–Crippen MR) is 48.4 cm³/mol. The summed E-state index contributed by atoms with van der Waals surface area (Å²) in [7, 11) is 1.62. The molecule has 1 heterocycles. The SMILES string of the molecule is CNNC(=O)C(N)c1cccs1. The lowest BCUT2D eigenvalue weighted by atomic mass is 10.2. The van der Waals surface area contributed by atoms with Gasteiger partial charge < -0.3 is 5.73 Å². The molecule has 0 radical (unpaired) electrons. The lowest BCUT2D eigenvalue weighted by molar-refractivity contribution is -0.123. The molecule has 1 aromatic heterocycles. The molecule has 4 N–H and O–H groups in total. The van der Waals surface area contributed by atoms with Crippen LogP contribution in [0, 0.1) is 0 Å². The number of rotatable bonds is 3. The highest BCUT2D eigenvalue weighted by Gasteiger charge is 2.15. The molecule has 0 saturated carbocycles. The Hall–Kier alpha value is -0.910. The Kier molecular flexibility index (Phi) is 3.21. The van der Waals surface area contributed by atoms with Gasteiger partial charge in [0, 0.05) is 11.9 Å². The molecule has 0 bridgehead atoms. The van der Waals surface area contributed by atoms with Crippen LogP contribution in [0.25, 0.3) is 0 Å². The Balaban J connectivity index is 2.59. The first-order valence-corrected chi connectivity index (χ1v) is 4.39. The molecule has 0 spiro atoms. The lowest BCUT2D eigenvalue weighted by Gasteiger charge is -2.08. The van der Waals surface area contributed by atoms with Crippen LogP contribution in [0.2, 0.25) is 0 Å². The normalized spacial score (nSPS) is 12.5. The van der Waals surface area contributed by atoms with Gasteiger partial charge in [0.15, 0.2) is 0 Å². The summed E-state index contributed by atoms with van der Waals surface area (Å²) in [5.74, 6) is -0.222. The second-order valence-corrected chi connectivity index (χ2v) is 3.21. The summed E-state index contributed by atoms with van der Waals surface area (Å²) in [5.41, 5.74) is 10.6. The summed E-state index contributed by atoms with van der Waals surface area (Å²) >= 11 is 1.47. The number of nitrogens with two attached hydrogens (primary N) is 1. The Morgan fingerprint density at radius 1 is 1.75 bits per heavy atom. The van der Waals surface area contributed by atoms with Gasteiger partial charge in [-0.05, 0) is 11.4 Å². The van der Waals surface area contributed by atoms with Gasteiger partial charge in [-0.25, -0.2) is 5.43 Å². The molecule has 0 aliphatic carbocycles. The lowest BCUT2D eigenvalue weighted by Crippen LogP contribution is -2.40. The zero-order chi connectivity index (χ0) is 8.97. The van der Waals surface area contributed by atoms with Crippen LogP contribution in [0.4, 0.5) is 0 Å². The van der Waals surface area contributed by atoms with Crippen LogP contribution >= 0.6 is 11.3 Å². The molecular weight excluding hydrogens is 174 g/mol. The van der Waals surface area contributed by atoms with Crippen LogP contribution < -0.4 is 16.6 Å². The molecule has 0 aliphatic rings. The molecule has 1 atom stereocenters. The second kappa shape index (κ2) is 4.20. The summed E-state index contributed by atoms with van der Waals surface area (Å²) in [6, 6.07) is 3.13. The minimum Gasteiger partial charge on any atom is -0.315 e. The van der Waals surface area contributed by atoms with E-state index in [0.29, 0.717) is 0 Å². The highest BCUT2D eigenvalue weighted by Crippen LogP contribution is 2.16. The van der Waals surface area contributed by atoms with E-state index in [-0.39, 0.29) is 5.91 Å². The molecule has 0 saturated heterocycles. The van der Waals surface area contributed by atoms with Gasteiger partial charge in [0.25, 0.3) is 5.91 Å². The molecule has 0 fully saturated rings. The molecular formula is C7H11N3OS. The smallest absolute Gasteiger partial charge is 0.256 e. The van der Waals surface area contributed by atoms with E-state index in [2.05, 4.69) is 10.9 Å². The Labute approximate surface area is 74.7 Å². The van der Waals surface area contributed by atoms with Crippen molar-refractivity contribution in [1.82, 2.24) is 10.9 Å². The highest BCUT2D eigenvalue weighted by atomic mass is 32.1. The fourth-order valence-electron chi connectivity index (χ4n) is 0.798. The van der Waals surface area contributed by atoms with E-state index in [9.17, 15) is 4.79 Å². The zero-order valence-electron chi connectivity index (χ0n) is 6.70. The summed E-state index contributed by atoms with van der Waals surface area (Å²) in [5, 5.41) is 1.89. The minimum absolute atomic E-state index is 0.222. The molecule has 5 heteroatoms. The number of hydrogen-bond donors (Lipinski definition) is 3. The molecule has 66 valence electrons. The number of thiophene rings is 1. The molecule has 0 aromatic carbocycles. The van der Waals surface area contributed by atoms with Crippen molar-refractivity contribution < 1.29 is 4.79 Å². The average Bonchev–Trinajstić information content (AvgIpc) is 2.55. The van der Waals surface area contributed by atoms with E-state index in [0.717, 1.165) is 4.88 Å². The predicted octanol–water partition coefficient (Wildman–Crippen LogP) is -0.00150. The van der Waals surface area contributed by atoms with E-state index in [1.807, 2.05) is 17.5 Å². The zero-order valence-corrected chi connectivity index (χ0v) is 7.52. The summed E-state index contributed by atoms with van der Waals surface area (Å²) in [6.45, 7) is 0. The quantitative estimate of drug-likeness (QED) is 0.581. The third kappa shape index (κ3) is 2.04. The summed E-state index contributed by atoms with van der Waals surface area (Å²) in [6.07, 6.45) is 0. The minimum atomic E-state index is -0.572. The van der Waals surface area contributed by atoms with Gasteiger partial charge in [-0.1, -0.05) is 6.07 Å². The van der Waals surface area contributed by atoms with E-state index in [1.165, 1.54) is 11.3 Å². The van der Waals surface area contributed by atoms with Gasteiger partial charge in [-0.15, -0.1) is 11.3 Å². The van der Waals surface area contributed by atoms with Crippen LogP contribution in [0.1, 0.15) is 10.9 Å². The van der Waals surface area contributed by atoms with Crippen molar-refractivity contribution in [1.29, 1.82) is 0 Å². The van der Waals surface area contributed by atoms with Crippen LogP contribution in [0.5, 0.6) is 0 Å². The molecule has 12 heavy (non-hydrogen) atoms. The maximum atomic E-state index is 11.1. The van der Waals surface area contributed by atoms with Crippen molar-refractivity contribution in [2.45, 2.75) is 6.04 Å². The molecule has 1 aromatic rings. The van der Waals surface area contributed by atoms with Crippen LogP contribution in [0.3, 0.4) is 0 Å². The Bertz CT molecular complexity index is 247. The molecule has 0 aliphatic heterocycles. The topological polar surface area (TPSA) is 67.1 Å². The van der Waals surface area contributed by atoms with E-state index in [4.69, 9.17) is 5.73 Å². The Morgan fingerprint density at radius 3 is 3.00 bits per heavy atom. The van der Waals surface area contributed by atoms with Crippen molar-refractivity contribution in [2.24, 2.45) is 5.73 Å². The van der Waals surface area contributed by atoms with Crippen molar-refractivity contribution >= 4 is 17.2 Å². The molecule has 4 nitrogen and oxygen atoms in total. The fraction of sp³-hybridized carbons (Fsp3) is 0.286. The highest BCUT2D eigenvalue weighted by molar-refractivity contribution is 7.10. The average molecular weight is 185 g/mol. The van der Waals surface area contributed by atoms with E-state index in [1.54, 1.807) is 7.05 Å². The first-order chi connectivity index (χ1) is 5.75. The molecule has 1 unspecified atom stereocenters. The van der Waals surface area contributed by atoms with E-state index < -0.39 is 6.04 Å². The second-order valence-electron chi connectivity index (χ2n) is 2.23. The van der Waals surface area contributed by atoms with Crippen molar-refractivity contribution in [3.05, 3.63) is 22.4 Å². The van der Waals surface area contributed by atoms with Crippen LogP contribution in [0.15, 0.2) is 17.5 Å². The van der Waals surface area contributed by atoms with Gasteiger partial charge in [-0.3, -0.25) is 10.2 Å². The van der Waals surface area contributed by atoms with Gasteiger partial charge in [0.2, 0.25) is 0 Å². The molecule has 1 amide bonds. The summed E-state index contributed by atoms with van der Waals surface area (Å²) in [4.78, 5) is 12.0. The third-order valence-corrected chi connectivity index (χ3v) is 2.34. The first kappa shape index (κ1) is 9.18. The largest absolute Gasteiger partial charge is 0.315 e. The van der Waals surface area contributed by atoms with Gasteiger partial charge in [0.1, 0.15) is 6.04 Å². The number of amides is 1. The number of carbonyl (C=O) groups excluding carboxylic acids is 1. The van der Waals surface area contributed by atoms with Gasteiger partial charge in [-0.2, -0.15) is 0 Å². The number of hydrazine groups is 1. The number of carbonyl (C=O) groups is 1. The molecule has 1 rings (SSSR count). The third-order valence-electron chi connectivity index (χ3n) is 1.38. The van der Waals surface area contributed by atoms with E-state index >= 15 is 0 Å². The standard InChI is InChI=1S/C7H11N3OS/c1-9-10-7(11)6(8)5-3-2-4-12-5/h2-4,6,9H,8H2,1H3,(H,10,11). The van der Waals surface area contributed by atoms with Gasteiger partial charge >= 0.3 is 0 Å². The number of hydrogen-bond acceptors (Lipinski definition) is 4. The Morgan fingerprint density at radius 2 is 2.50 bits per heavy atom. The maximum Gasteiger partial charge on any atom is 0.256 e. The first-order valence-electron chi connectivity index (χ1n) is 3.51. The maximum absolute atomic E-state index is 11.1. The fourth-order valence-corrected chi connectivity index (χ4v) is 1.52. The van der Waals surface area contributed by atoms with Crippen molar-refractivity contribution in [2.75, 3.05) is 7.05 Å². The summed E-state index contributed by atoms with van der Waals surface area (Å²) < 4.78 is 0. The van der Waals surface area contributed by atoms with Crippen LogP contribution in [-0.4, -0.2) is 13.0 Å².